The fraction of sp³-hybridized carbons (Fsp3) is 0. The van der Waals surface area contributed by atoms with Crippen molar-refractivity contribution in [2.45, 2.75) is 0 Å². The van der Waals surface area contributed by atoms with Crippen molar-refractivity contribution < 1.29 is 34.3 Å². The molecule has 0 heterocycles. The summed E-state index contributed by atoms with van der Waals surface area (Å²) in [5.41, 5.74) is 0. The summed E-state index contributed by atoms with van der Waals surface area (Å²) in [6.07, 6.45) is -1.83. The van der Waals surface area contributed by atoms with Crippen LogP contribution in [0.4, 0.5) is 4.79 Å². The molecule has 0 fully saturated rings. The number of hydrogen-bond acceptors (Lipinski definition) is 4. The predicted molar refractivity (Wildman–Crippen MR) is 26.2 cm³/mol. The van der Waals surface area contributed by atoms with Gasteiger partial charge in [-0.15, -0.1) is 0 Å². The SMILES string of the molecule is O=C(O)O.O=P([O-])([O-])O.[Ba+2]. The van der Waals surface area contributed by atoms with Gasteiger partial charge in [-0.25, -0.2) is 4.79 Å². The van der Waals surface area contributed by atoms with Gasteiger partial charge in [-0.3, -0.25) is 0 Å². The van der Waals surface area contributed by atoms with Crippen molar-refractivity contribution in [1.29, 1.82) is 0 Å². The van der Waals surface area contributed by atoms with Crippen molar-refractivity contribution in [1.82, 2.24) is 0 Å². The minimum absolute atomic E-state index is 0. The molecular formula is CH3BaO7P. The first-order valence-electron chi connectivity index (χ1n) is 1.40. The third-order valence-electron chi connectivity index (χ3n) is 0. The summed E-state index contributed by atoms with van der Waals surface area (Å²) in [5.74, 6) is 0. The van der Waals surface area contributed by atoms with Crippen LogP contribution < -0.4 is 9.79 Å². The van der Waals surface area contributed by atoms with E-state index in [2.05, 4.69) is 0 Å². The van der Waals surface area contributed by atoms with Crippen molar-refractivity contribution in [2.24, 2.45) is 0 Å². The molecule has 0 aliphatic heterocycles. The fourth-order valence-corrected chi connectivity index (χ4v) is 0. The van der Waals surface area contributed by atoms with Crippen molar-refractivity contribution in [3.8, 4) is 0 Å². The molecule has 3 N–H and O–H groups in total. The molecule has 0 atom stereocenters. The molecule has 0 rings (SSSR count). The van der Waals surface area contributed by atoms with Crippen LogP contribution in [0.2, 0.25) is 0 Å². The van der Waals surface area contributed by atoms with Crippen LogP contribution >= 0.6 is 7.82 Å². The number of carbonyl (C=O) groups is 1. The van der Waals surface area contributed by atoms with Gasteiger partial charge in [0.05, 0.1) is 7.82 Å². The van der Waals surface area contributed by atoms with E-state index in [0.29, 0.717) is 0 Å². The maximum Gasteiger partial charge on any atom is 2.00 e. The number of phosphoric acid groups is 1. The zero-order valence-corrected chi connectivity index (χ0v) is 9.96. The maximum absolute atomic E-state index is 8.66. The Labute approximate surface area is 96.0 Å². The van der Waals surface area contributed by atoms with Gasteiger partial charge in [0.2, 0.25) is 0 Å². The molecule has 0 spiro atoms. The first-order valence-corrected chi connectivity index (χ1v) is 2.89. The van der Waals surface area contributed by atoms with Crippen LogP contribution in [0, 0.1) is 0 Å². The van der Waals surface area contributed by atoms with Gasteiger partial charge in [0.25, 0.3) is 0 Å². The average molecular weight is 295 g/mol. The summed E-state index contributed by atoms with van der Waals surface area (Å²) >= 11 is 0. The molecule has 0 saturated heterocycles. The summed E-state index contributed by atoms with van der Waals surface area (Å²) in [5, 5.41) is 13.9. The second kappa shape index (κ2) is 8.05. The van der Waals surface area contributed by atoms with Gasteiger partial charge < -0.3 is 29.5 Å². The maximum atomic E-state index is 8.66. The molecule has 0 amide bonds. The van der Waals surface area contributed by atoms with Gasteiger partial charge in [-0.2, -0.15) is 0 Å². The molecule has 0 bridgehead atoms. The average Bonchev–Trinajstić information content (AvgIpc) is 1.19. The van der Waals surface area contributed by atoms with Gasteiger partial charge >= 0.3 is 55.0 Å². The Morgan fingerprint density at radius 3 is 1.30 bits per heavy atom. The minimum Gasteiger partial charge on any atom is -0.790 e. The molecule has 0 aromatic carbocycles. The Balaban J connectivity index is -0.0000000910. The topological polar surface area (TPSA) is 141 Å². The molecule has 0 saturated carbocycles. The fourth-order valence-electron chi connectivity index (χ4n) is 0. The van der Waals surface area contributed by atoms with E-state index < -0.39 is 14.0 Å². The molecule has 0 aliphatic rings. The zero-order chi connectivity index (χ0) is 8.08. The molecular weight excluding hydrogens is 292 g/mol. The van der Waals surface area contributed by atoms with Crippen molar-refractivity contribution in [2.75, 3.05) is 0 Å². The molecule has 10 heavy (non-hydrogen) atoms. The van der Waals surface area contributed by atoms with Crippen molar-refractivity contribution >= 4 is 62.9 Å². The second-order valence-electron chi connectivity index (χ2n) is 0.751. The standard InChI is InChI=1S/CH2O3.Ba.H3O4P/c2-1(3)4;;1-5(2,3)4/h(H2,2,3,4);;(H3,1,2,3,4)/q;+2;/p-2. The molecule has 0 aliphatic carbocycles. The summed E-state index contributed by atoms with van der Waals surface area (Å²) in [4.78, 5) is 32.8. The monoisotopic (exact) mass is 296 g/mol. The molecule has 0 unspecified atom stereocenters. The van der Waals surface area contributed by atoms with Crippen LogP contribution in [0.1, 0.15) is 0 Å². The van der Waals surface area contributed by atoms with Crippen LogP contribution in [0.25, 0.3) is 0 Å². The normalized spacial score (nSPS) is 8.30. The van der Waals surface area contributed by atoms with Gasteiger partial charge in [0.1, 0.15) is 0 Å². The number of hydrogen-bond donors (Lipinski definition) is 3. The number of carboxylic acid groups (broad SMARTS) is 2. The summed E-state index contributed by atoms with van der Waals surface area (Å²) in [6.45, 7) is 0. The van der Waals surface area contributed by atoms with E-state index in [0.717, 1.165) is 0 Å². The van der Waals surface area contributed by atoms with Crippen molar-refractivity contribution in [3.05, 3.63) is 0 Å². The Hall–Kier alpha value is 0.951. The Kier molecular flexibility index (Phi) is 13.8. The van der Waals surface area contributed by atoms with Crippen LogP contribution in [0.3, 0.4) is 0 Å². The first-order chi connectivity index (χ1) is 3.73. The Morgan fingerprint density at radius 1 is 1.30 bits per heavy atom. The van der Waals surface area contributed by atoms with Crippen molar-refractivity contribution in [3.63, 3.8) is 0 Å². The molecule has 0 aromatic rings. The van der Waals surface area contributed by atoms with E-state index in [1.165, 1.54) is 0 Å². The van der Waals surface area contributed by atoms with Gasteiger partial charge in [0, 0.05) is 0 Å². The smallest absolute Gasteiger partial charge is 0.790 e. The predicted octanol–water partition coefficient (Wildman–Crippen LogP) is -2.35. The van der Waals surface area contributed by atoms with E-state index in [9.17, 15) is 0 Å². The second-order valence-corrected chi connectivity index (χ2v) is 1.69. The molecule has 0 radical (unpaired) electrons. The quantitative estimate of drug-likeness (QED) is 0.335. The van der Waals surface area contributed by atoms with E-state index in [1.54, 1.807) is 0 Å². The Morgan fingerprint density at radius 2 is 1.30 bits per heavy atom. The molecule has 7 nitrogen and oxygen atoms in total. The van der Waals surface area contributed by atoms with Gasteiger partial charge in [-0.05, 0) is 0 Å². The van der Waals surface area contributed by atoms with E-state index in [1.807, 2.05) is 0 Å². The third-order valence-corrected chi connectivity index (χ3v) is 0. The minimum atomic E-state index is -5.14. The third kappa shape index (κ3) is 625. The van der Waals surface area contributed by atoms with Crippen LogP contribution in [0.5, 0.6) is 0 Å². The Bertz CT molecular complexity index is 113. The van der Waals surface area contributed by atoms with Crippen LogP contribution in [-0.2, 0) is 4.57 Å². The largest absolute Gasteiger partial charge is 2.00 e. The van der Waals surface area contributed by atoms with Gasteiger partial charge in [0.15, 0.2) is 0 Å². The van der Waals surface area contributed by atoms with Crippen LogP contribution in [-0.4, -0.2) is 70.1 Å². The van der Waals surface area contributed by atoms with E-state index in [4.69, 9.17) is 34.3 Å². The van der Waals surface area contributed by atoms with Gasteiger partial charge in [-0.1, -0.05) is 0 Å². The first kappa shape index (κ1) is 17.2. The van der Waals surface area contributed by atoms with E-state index in [-0.39, 0.29) is 48.9 Å². The van der Waals surface area contributed by atoms with Crippen LogP contribution in [0.15, 0.2) is 0 Å². The van der Waals surface area contributed by atoms with E-state index >= 15 is 0 Å². The summed E-state index contributed by atoms with van der Waals surface area (Å²) < 4.78 is 8.66. The summed E-state index contributed by atoms with van der Waals surface area (Å²) in [7, 11) is -5.14. The summed E-state index contributed by atoms with van der Waals surface area (Å²) in [6, 6.07) is 0. The molecule has 56 valence electrons. The molecule has 9 heteroatoms. The number of rotatable bonds is 0. The zero-order valence-electron chi connectivity index (χ0n) is 4.63. The molecule has 0 aromatic heterocycles.